The summed E-state index contributed by atoms with van der Waals surface area (Å²) in [6.07, 6.45) is 2.22. The molecule has 3 rings (SSSR count). The third-order valence-corrected chi connectivity index (χ3v) is 5.30. The van der Waals surface area contributed by atoms with E-state index in [0.717, 1.165) is 15.6 Å². The molecule has 0 radical (unpaired) electrons. The van der Waals surface area contributed by atoms with Crippen molar-refractivity contribution in [3.63, 3.8) is 0 Å². The molecule has 0 unspecified atom stereocenters. The van der Waals surface area contributed by atoms with Gasteiger partial charge in [-0.15, -0.1) is 0 Å². The van der Waals surface area contributed by atoms with Crippen molar-refractivity contribution in [3.05, 3.63) is 104 Å². The molecule has 0 saturated carbocycles. The number of pyridine rings is 1. The smallest absolute Gasteiger partial charge is 0.250 e. The van der Waals surface area contributed by atoms with E-state index in [2.05, 4.69) is 52.3 Å². The minimum Gasteiger partial charge on any atom is -0.411 e. The Labute approximate surface area is 166 Å². The van der Waals surface area contributed by atoms with Crippen LogP contribution in [0.25, 0.3) is 0 Å². The van der Waals surface area contributed by atoms with Crippen molar-refractivity contribution in [1.29, 1.82) is 0 Å². The van der Waals surface area contributed by atoms with Crippen LogP contribution in [0.2, 0.25) is 0 Å². The third kappa shape index (κ3) is 4.37. The number of hydrogen-bond donors (Lipinski definition) is 1. The van der Waals surface area contributed by atoms with Crippen LogP contribution in [0.1, 0.15) is 34.6 Å². The lowest BCUT2D eigenvalue weighted by atomic mass is 9.83. The van der Waals surface area contributed by atoms with E-state index in [1.165, 1.54) is 21.8 Å². The summed E-state index contributed by atoms with van der Waals surface area (Å²) < 4.78 is 2.51. The van der Waals surface area contributed by atoms with Gasteiger partial charge < -0.3 is 9.77 Å². The molecular weight excluding hydrogens is 404 g/mol. The van der Waals surface area contributed by atoms with Crippen LogP contribution < -0.4 is 5.56 Å². The van der Waals surface area contributed by atoms with Crippen LogP contribution >= 0.6 is 15.9 Å². The van der Waals surface area contributed by atoms with E-state index in [-0.39, 0.29) is 11.5 Å². The first-order valence-corrected chi connectivity index (χ1v) is 9.48. The Balaban J connectivity index is 2.04. The van der Waals surface area contributed by atoms with E-state index in [1.807, 2.05) is 24.3 Å². The van der Waals surface area contributed by atoms with Gasteiger partial charge in [-0.25, -0.2) is 0 Å². The van der Waals surface area contributed by atoms with Crippen molar-refractivity contribution in [2.75, 3.05) is 0 Å². The number of halogens is 1. The maximum atomic E-state index is 11.7. The zero-order chi connectivity index (χ0) is 19.4. The molecule has 1 atom stereocenters. The number of oxime groups is 1. The molecule has 1 N–H and O–H groups in total. The van der Waals surface area contributed by atoms with Gasteiger partial charge in [0.15, 0.2) is 0 Å². The van der Waals surface area contributed by atoms with Gasteiger partial charge in [0, 0.05) is 41.7 Å². The summed E-state index contributed by atoms with van der Waals surface area (Å²) in [4.78, 5) is 11.7. The highest BCUT2D eigenvalue weighted by Gasteiger charge is 2.20. The summed E-state index contributed by atoms with van der Waals surface area (Å²) in [5, 5.41) is 13.2. The molecule has 2 aromatic carbocycles. The number of aryl methyl sites for hydroxylation is 2. The SMILES string of the molecule is Cc1ccccc1[C@H](C/C(=N\O)c1ccc(=O)n(C)c1)c1ccc(Br)cc1. The molecule has 0 spiro atoms. The average molecular weight is 425 g/mol. The molecule has 138 valence electrons. The highest BCUT2D eigenvalue weighted by Crippen LogP contribution is 2.32. The molecular formula is C22H21BrN2O2. The summed E-state index contributed by atoms with van der Waals surface area (Å²) in [6.45, 7) is 2.09. The second-order valence-electron chi connectivity index (χ2n) is 6.58. The molecule has 4 nitrogen and oxygen atoms in total. The second-order valence-corrected chi connectivity index (χ2v) is 7.49. The molecule has 3 aromatic rings. The van der Waals surface area contributed by atoms with E-state index in [4.69, 9.17) is 0 Å². The van der Waals surface area contributed by atoms with Crippen LogP contribution in [0.5, 0.6) is 0 Å². The highest BCUT2D eigenvalue weighted by atomic mass is 79.9. The van der Waals surface area contributed by atoms with Crippen molar-refractivity contribution < 1.29 is 5.21 Å². The van der Waals surface area contributed by atoms with Crippen LogP contribution in [0.3, 0.4) is 0 Å². The van der Waals surface area contributed by atoms with Crippen molar-refractivity contribution >= 4 is 21.6 Å². The molecule has 0 fully saturated rings. The van der Waals surface area contributed by atoms with E-state index < -0.39 is 0 Å². The lowest BCUT2D eigenvalue weighted by Gasteiger charge is -2.21. The van der Waals surface area contributed by atoms with Gasteiger partial charge in [0.2, 0.25) is 5.56 Å². The van der Waals surface area contributed by atoms with E-state index >= 15 is 0 Å². The molecule has 1 heterocycles. The number of rotatable bonds is 5. The lowest BCUT2D eigenvalue weighted by molar-refractivity contribution is 0.317. The summed E-state index contributed by atoms with van der Waals surface area (Å²) in [5.74, 6) is 0.0300. The standard InChI is InChI=1S/C22H21BrN2O2/c1-15-5-3-4-6-19(15)20(16-7-10-18(23)11-8-16)13-21(24-27)17-9-12-22(26)25(2)14-17/h3-12,14,20,27H,13H2,1-2H3/b24-21+/t20-/m1/s1. The fourth-order valence-corrected chi connectivity index (χ4v) is 3.52. The number of benzene rings is 2. The van der Waals surface area contributed by atoms with Crippen molar-refractivity contribution in [1.82, 2.24) is 4.57 Å². The summed E-state index contributed by atoms with van der Waals surface area (Å²) in [6, 6.07) is 19.6. The van der Waals surface area contributed by atoms with Crippen LogP contribution in [0, 0.1) is 6.92 Å². The summed E-state index contributed by atoms with van der Waals surface area (Å²) >= 11 is 3.49. The molecule has 27 heavy (non-hydrogen) atoms. The lowest BCUT2D eigenvalue weighted by Crippen LogP contribution is -2.18. The van der Waals surface area contributed by atoms with Crippen LogP contribution in [-0.4, -0.2) is 15.5 Å². The minimum atomic E-state index is -0.0978. The highest BCUT2D eigenvalue weighted by molar-refractivity contribution is 9.10. The maximum absolute atomic E-state index is 11.7. The van der Waals surface area contributed by atoms with Crippen molar-refractivity contribution in [3.8, 4) is 0 Å². The molecule has 0 aliphatic carbocycles. The zero-order valence-electron chi connectivity index (χ0n) is 15.3. The Hall–Kier alpha value is -2.66. The van der Waals surface area contributed by atoms with Gasteiger partial charge in [0.05, 0.1) is 5.71 Å². The zero-order valence-corrected chi connectivity index (χ0v) is 16.8. The Morgan fingerprint density at radius 1 is 1.11 bits per heavy atom. The molecule has 5 heteroatoms. The largest absolute Gasteiger partial charge is 0.411 e. The summed E-state index contributed by atoms with van der Waals surface area (Å²) in [5.41, 5.74) is 4.68. The Morgan fingerprint density at radius 2 is 1.81 bits per heavy atom. The average Bonchev–Trinajstić information content (AvgIpc) is 2.67. The van der Waals surface area contributed by atoms with Gasteiger partial charge in [-0.3, -0.25) is 4.79 Å². The molecule has 0 saturated heterocycles. The topological polar surface area (TPSA) is 54.6 Å². The Kier molecular flexibility index (Phi) is 5.91. The van der Waals surface area contributed by atoms with Gasteiger partial charge >= 0.3 is 0 Å². The van der Waals surface area contributed by atoms with E-state index in [1.54, 1.807) is 19.3 Å². The molecule has 0 aliphatic rings. The fraction of sp³-hybridized carbons (Fsp3) is 0.182. The Morgan fingerprint density at radius 3 is 2.44 bits per heavy atom. The Bertz CT molecular complexity index is 1020. The predicted molar refractivity (Wildman–Crippen MR) is 112 cm³/mol. The minimum absolute atomic E-state index is 0.0300. The number of hydrogen-bond acceptors (Lipinski definition) is 3. The van der Waals surface area contributed by atoms with E-state index in [9.17, 15) is 10.0 Å². The van der Waals surface area contributed by atoms with Gasteiger partial charge in [-0.1, -0.05) is 57.5 Å². The second kappa shape index (κ2) is 8.35. The fourth-order valence-electron chi connectivity index (χ4n) is 3.25. The van der Waals surface area contributed by atoms with E-state index in [0.29, 0.717) is 12.1 Å². The first-order valence-electron chi connectivity index (χ1n) is 8.68. The first kappa shape index (κ1) is 19.1. The monoisotopic (exact) mass is 424 g/mol. The van der Waals surface area contributed by atoms with Crippen LogP contribution in [0.15, 0.2) is 81.3 Å². The van der Waals surface area contributed by atoms with Crippen LogP contribution in [-0.2, 0) is 7.05 Å². The van der Waals surface area contributed by atoms with Crippen LogP contribution in [0.4, 0.5) is 0 Å². The van der Waals surface area contributed by atoms with Gasteiger partial charge in [-0.2, -0.15) is 0 Å². The molecule has 0 amide bonds. The van der Waals surface area contributed by atoms with Gasteiger partial charge in [0.1, 0.15) is 0 Å². The quantitative estimate of drug-likeness (QED) is 0.361. The van der Waals surface area contributed by atoms with Crippen molar-refractivity contribution in [2.45, 2.75) is 19.3 Å². The summed E-state index contributed by atoms with van der Waals surface area (Å²) in [7, 11) is 1.69. The number of aromatic nitrogens is 1. The van der Waals surface area contributed by atoms with Gasteiger partial charge in [0.25, 0.3) is 0 Å². The third-order valence-electron chi connectivity index (χ3n) is 4.77. The normalized spacial score (nSPS) is 12.8. The first-order chi connectivity index (χ1) is 13.0. The molecule has 1 aromatic heterocycles. The van der Waals surface area contributed by atoms with Crippen molar-refractivity contribution in [2.24, 2.45) is 12.2 Å². The predicted octanol–water partition coefficient (Wildman–Crippen LogP) is 4.86. The number of nitrogens with zero attached hydrogens (tertiary/aromatic N) is 2. The van der Waals surface area contributed by atoms with Gasteiger partial charge in [-0.05, 0) is 41.8 Å². The molecule has 0 bridgehead atoms. The molecule has 0 aliphatic heterocycles. The maximum Gasteiger partial charge on any atom is 0.250 e.